The highest BCUT2D eigenvalue weighted by atomic mass is 15.2. The molecule has 0 fully saturated rings. The van der Waals surface area contributed by atoms with E-state index in [0.29, 0.717) is 0 Å². The molecule has 2 aliphatic rings. The van der Waals surface area contributed by atoms with Crippen LogP contribution in [0.2, 0.25) is 0 Å². The van der Waals surface area contributed by atoms with Gasteiger partial charge in [-0.15, -0.1) is 0 Å². The first kappa shape index (κ1) is 15.5. The third-order valence-electron chi connectivity index (χ3n) is 5.03. The first-order valence-corrected chi connectivity index (χ1v) is 8.74. The van der Waals surface area contributed by atoms with E-state index >= 15 is 0 Å². The van der Waals surface area contributed by atoms with Crippen molar-refractivity contribution in [2.24, 2.45) is 0 Å². The highest BCUT2D eigenvalue weighted by Crippen LogP contribution is 2.25. The highest BCUT2D eigenvalue weighted by molar-refractivity contribution is 5.49. The fourth-order valence-electron chi connectivity index (χ4n) is 3.85. The van der Waals surface area contributed by atoms with E-state index in [1.165, 1.54) is 27.9 Å². The summed E-state index contributed by atoms with van der Waals surface area (Å²) in [7, 11) is 4.32. The van der Waals surface area contributed by atoms with Gasteiger partial charge < -0.3 is 10.2 Å². The van der Waals surface area contributed by atoms with Gasteiger partial charge in [0.05, 0.1) is 5.69 Å². The summed E-state index contributed by atoms with van der Waals surface area (Å²) in [4.78, 5) is 13.7. The lowest BCUT2D eigenvalue weighted by atomic mass is 10.1. The molecule has 0 radical (unpaired) electrons. The van der Waals surface area contributed by atoms with Gasteiger partial charge in [0.1, 0.15) is 12.1 Å². The third-order valence-corrected chi connectivity index (χ3v) is 5.03. The molecule has 0 saturated heterocycles. The van der Waals surface area contributed by atoms with Crippen LogP contribution in [-0.4, -0.2) is 42.1 Å². The van der Waals surface area contributed by atoms with Gasteiger partial charge in [-0.05, 0) is 36.7 Å². The van der Waals surface area contributed by atoms with E-state index < -0.39 is 0 Å². The Balaban J connectivity index is 1.57. The van der Waals surface area contributed by atoms with Crippen molar-refractivity contribution in [1.29, 1.82) is 0 Å². The van der Waals surface area contributed by atoms with Crippen LogP contribution in [-0.2, 0) is 32.5 Å². The summed E-state index contributed by atoms with van der Waals surface area (Å²) in [5, 5.41) is 3.45. The molecule has 2 aliphatic heterocycles. The van der Waals surface area contributed by atoms with Gasteiger partial charge in [-0.1, -0.05) is 18.2 Å². The molecule has 24 heavy (non-hydrogen) atoms. The summed E-state index contributed by atoms with van der Waals surface area (Å²) in [5.41, 5.74) is 6.80. The monoisotopic (exact) mass is 323 g/mol. The van der Waals surface area contributed by atoms with Crippen LogP contribution in [0.1, 0.15) is 27.9 Å². The largest absolute Gasteiger partial charge is 0.355 e. The molecule has 1 aromatic carbocycles. The number of hydrogen-bond donors (Lipinski definition) is 1. The maximum absolute atomic E-state index is 4.59. The molecule has 0 saturated carbocycles. The van der Waals surface area contributed by atoms with Gasteiger partial charge in [0.25, 0.3) is 0 Å². The van der Waals surface area contributed by atoms with Crippen LogP contribution >= 0.6 is 0 Å². The lowest BCUT2D eigenvalue weighted by Crippen LogP contribution is -2.21. The maximum Gasteiger partial charge on any atom is 0.135 e. The fraction of sp³-hybridized carbons (Fsp3) is 0.474. The average Bonchev–Trinajstić information content (AvgIpc) is 2.78. The van der Waals surface area contributed by atoms with E-state index in [4.69, 9.17) is 0 Å². The van der Waals surface area contributed by atoms with Crippen LogP contribution in [0, 0.1) is 0 Å². The number of hydrogen-bond acceptors (Lipinski definition) is 5. The number of fused-ring (bicyclic) bond motifs is 2. The minimum absolute atomic E-state index is 0.883. The summed E-state index contributed by atoms with van der Waals surface area (Å²) in [6.45, 7) is 5.02. The zero-order chi connectivity index (χ0) is 16.5. The van der Waals surface area contributed by atoms with Gasteiger partial charge in [0.2, 0.25) is 0 Å². The minimum atomic E-state index is 0.883. The van der Waals surface area contributed by atoms with Crippen LogP contribution in [0.15, 0.2) is 24.5 Å². The molecule has 1 N–H and O–H groups in total. The zero-order valence-corrected chi connectivity index (χ0v) is 14.5. The molecule has 3 heterocycles. The molecule has 1 aromatic heterocycles. The Morgan fingerprint density at radius 3 is 2.88 bits per heavy atom. The summed E-state index contributed by atoms with van der Waals surface area (Å²) in [5.74, 6) is 1.08. The second kappa shape index (κ2) is 6.49. The average molecular weight is 323 g/mol. The van der Waals surface area contributed by atoms with Crippen molar-refractivity contribution in [1.82, 2.24) is 20.2 Å². The van der Waals surface area contributed by atoms with Crippen molar-refractivity contribution in [2.45, 2.75) is 32.5 Å². The molecule has 0 bridgehead atoms. The predicted octanol–water partition coefficient (Wildman–Crippen LogP) is 1.75. The van der Waals surface area contributed by atoms with Crippen LogP contribution in [0.3, 0.4) is 0 Å². The normalized spacial score (nSPS) is 17.2. The number of benzene rings is 1. The van der Waals surface area contributed by atoms with Crippen molar-refractivity contribution in [3.05, 3.63) is 52.5 Å². The van der Waals surface area contributed by atoms with Gasteiger partial charge >= 0.3 is 0 Å². The topological polar surface area (TPSA) is 44.3 Å². The van der Waals surface area contributed by atoms with E-state index in [-0.39, 0.29) is 0 Å². The fourth-order valence-corrected chi connectivity index (χ4v) is 3.85. The Bertz CT molecular complexity index is 743. The Morgan fingerprint density at radius 1 is 1.12 bits per heavy atom. The van der Waals surface area contributed by atoms with Crippen molar-refractivity contribution < 1.29 is 0 Å². The molecule has 126 valence electrons. The quantitative estimate of drug-likeness (QED) is 0.932. The second-order valence-corrected chi connectivity index (χ2v) is 7.00. The molecule has 2 aromatic rings. The molecule has 0 unspecified atom stereocenters. The molecule has 0 aliphatic carbocycles. The van der Waals surface area contributed by atoms with E-state index in [0.717, 1.165) is 51.4 Å². The molecule has 0 atom stereocenters. The van der Waals surface area contributed by atoms with E-state index in [1.807, 2.05) is 0 Å². The molecular weight excluding hydrogens is 298 g/mol. The van der Waals surface area contributed by atoms with Crippen molar-refractivity contribution in [2.75, 3.05) is 32.1 Å². The van der Waals surface area contributed by atoms with Gasteiger partial charge in [-0.3, -0.25) is 4.90 Å². The summed E-state index contributed by atoms with van der Waals surface area (Å²) >= 11 is 0. The SMILES string of the molecule is CN1Cc2ccc(CN(C)c3ncnc4c3CCNCC4)cc2C1. The Morgan fingerprint density at radius 2 is 1.96 bits per heavy atom. The molecule has 5 nitrogen and oxygen atoms in total. The maximum atomic E-state index is 4.59. The van der Waals surface area contributed by atoms with Crippen molar-refractivity contribution in [3.8, 4) is 0 Å². The smallest absolute Gasteiger partial charge is 0.135 e. The Labute approximate surface area is 143 Å². The summed E-state index contributed by atoms with van der Waals surface area (Å²) in [6.07, 6.45) is 3.71. The van der Waals surface area contributed by atoms with Gasteiger partial charge in [-0.2, -0.15) is 0 Å². The van der Waals surface area contributed by atoms with Crippen LogP contribution < -0.4 is 10.2 Å². The molecule has 0 spiro atoms. The highest BCUT2D eigenvalue weighted by Gasteiger charge is 2.19. The second-order valence-electron chi connectivity index (χ2n) is 7.00. The van der Waals surface area contributed by atoms with Crippen LogP contribution in [0.25, 0.3) is 0 Å². The number of rotatable bonds is 3. The van der Waals surface area contributed by atoms with E-state index in [1.54, 1.807) is 6.33 Å². The van der Waals surface area contributed by atoms with Crippen LogP contribution in [0.5, 0.6) is 0 Å². The van der Waals surface area contributed by atoms with Crippen molar-refractivity contribution in [3.63, 3.8) is 0 Å². The van der Waals surface area contributed by atoms with Crippen molar-refractivity contribution >= 4 is 5.82 Å². The lowest BCUT2D eigenvalue weighted by molar-refractivity contribution is 0.353. The summed E-state index contributed by atoms with van der Waals surface area (Å²) < 4.78 is 0. The van der Waals surface area contributed by atoms with E-state index in [2.05, 4.69) is 57.4 Å². The number of nitrogens with one attached hydrogen (secondary N) is 1. The number of anilines is 1. The van der Waals surface area contributed by atoms with Gasteiger partial charge in [0.15, 0.2) is 0 Å². The third kappa shape index (κ3) is 3.01. The van der Waals surface area contributed by atoms with Crippen LogP contribution in [0.4, 0.5) is 5.82 Å². The molecule has 0 amide bonds. The molecule has 5 heteroatoms. The Hall–Kier alpha value is -1.98. The first-order valence-electron chi connectivity index (χ1n) is 8.74. The van der Waals surface area contributed by atoms with E-state index in [9.17, 15) is 0 Å². The van der Waals surface area contributed by atoms with Gasteiger partial charge in [0, 0.05) is 45.2 Å². The predicted molar refractivity (Wildman–Crippen MR) is 96.0 cm³/mol. The Kier molecular flexibility index (Phi) is 4.21. The lowest BCUT2D eigenvalue weighted by Gasteiger charge is -2.22. The summed E-state index contributed by atoms with van der Waals surface area (Å²) in [6, 6.07) is 6.90. The number of nitrogens with zero attached hydrogens (tertiary/aromatic N) is 4. The van der Waals surface area contributed by atoms with Gasteiger partial charge in [-0.25, -0.2) is 9.97 Å². The number of aromatic nitrogens is 2. The standard InChI is InChI=1S/C19H25N5/c1-23-11-15-4-3-14(9-16(15)12-23)10-24(2)19-17-5-7-20-8-6-18(17)21-13-22-19/h3-4,9,13,20H,5-8,10-12H2,1-2H3. The molecular formula is C19H25N5. The molecule has 4 rings (SSSR count). The first-order chi connectivity index (χ1) is 11.7. The zero-order valence-electron chi connectivity index (χ0n) is 14.5. The minimum Gasteiger partial charge on any atom is -0.355 e.